The quantitative estimate of drug-likeness (QED) is 0.352. The van der Waals surface area contributed by atoms with Gasteiger partial charge in [-0.15, -0.1) is 0 Å². The average molecular weight is 537 g/mol. The first-order chi connectivity index (χ1) is 18.8. The maximum Gasteiger partial charge on any atom is 0.238 e. The van der Waals surface area contributed by atoms with Gasteiger partial charge in [0.05, 0.1) is 29.5 Å². The number of para-hydroxylation sites is 1. The lowest BCUT2D eigenvalue weighted by Gasteiger charge is -2.45. The molecule has 1 fully saturated rings. The van der Waals surface area contributed by atoms with Gasteiger partial charge >= 0.3 is 0 Å². The average Bonchev–Trinajstić information content (AvgIpc) is 3.20. The Balaban J connectivity index is 1.33. The van der Waals surface area contributed by atoms with Gasteiger partial charge in [-0.2, -0.15) is 0 Å². The number of imide groups is 1. The minimum absolute atomic E-state index is 0.189. The van der Waals surface area contributed by atoms with Gasteiger partial charge in [0.25, 0.3) is 0 Å². The first kappa shape index (κ1) is 23.7. The molecule has 2 atom stereocenters. The van der Waals surface area contributed by atoms with Crippen molar-refractivity contribution in [2.24, 2.45) is 11.8 Å². The second-order valence-corrected chi connectivity index (χ2v) is 12.0. The van der Waals surface area contributed by atoms with E-state index in [0.717, 1.165) is 28.5 Å². The zero-order valence-electron chi connectivity index (χ0n) is 20.9. The molecule has 194 valence electrons. The Morgan fingerprint density at radius 2 is 1.18 bits per heavy atom. The minimum Gasteiger partial charge on any atom is -0.455 e. The Bertz CT molecular complexity index is 1650. The van der Waals surface area contributed by atoms with Crippen molar-refractivity contribution in [3.63, 3.8) is 0 Å². The molecule has 0 unspecified atom stereocenters. The lowest BCUT2D eigenvalue weighted by atomic mass is 9.55. The molecule has 8 rings (SSSR count). The summed E-state index contributed by atoms with van der Waals surface area (Å²) in [6, 6.07) is 29.8. The Labute approximate surface area is 226 Å². The zero-order valence-corrected chi connectivity index (χ0v) is 21.8. The number of ether oxygens (including phenoxy) is 1. The molecule has 8 heteroatoms. The van der Waals surface area contributed by atoms with E-state index in [1.807, 2.05) is 30.3 Å². The van der Waals surface area contributed by atoms with Crippen molar-refractivity contribution in [2.75, 3.05) is 15.9 Å². The van der Waals surface area contributed by atoms with E-state index in [0.29, 0.717) is 11.4 Å². The number of hydrogen-bond donors (Lipinski definition) is 1. The van der Waals surface area contributed by atoms with Crippen LogP contribution in [0.4, 0.5) is 11.4 Å². The van der Waals surface area contributed by atoms with Crippen LogP contribution >= 0.6 is 0 Å². The second kappa shape index (κ2) is 8.54. The maximum absolute atomic E-state index is 14.1. The van der Waals surface area contributed by atoms with Gasteiger partial charge in [-0.1, -0.05) is 66.7 Å². The largest absolute Gasteiger partial charge is 0.455 e. The summed E-state index contributed by atoms with van der Waals surface area (Å²) in [5.74, 6) is -1.27. The summed E-state index contributed by atoms with van der Waals surface area (Å²) in [6.07, 6.45) is 1.05. The van der Waals surface area contributed by atoms with E-state index in [1.54, 1.807) is 36.4 Å². The van der Waals surface area contributed by atoms with E-state index in [2.05, 4.69) is 29.0 Å². The Kier molecular flexibility index (Phi) is 5.18. The van der Waals surface area contributed by atoms with E-state index in [1.165, 1.54) is 11.0 Å². The number of nitrogens with zero attached hydrogens (tertiary/aromatic N) is 1. The number of sulfonamides is 1. The highest BCUT2D eigenvalue weighted by Crippen LogP contribution is 2.61. The Morgan fingerprint density at radius 1 is 0.692 bits per heavy atom. The fourth-order valence-electron chi connectivity index (χ4n) is 6.57. The van der Waals surface area contributed by atoms with Crippen LogP contribution in [0.15, 0.2) is 97.1 Å². The van der Waals surface area contributed by atoms with Crippen LogP contribution in [-0.2, 0) is 19.6 Å². The standard InChI is InChI=1S/C31H24N2O5S/c1-39(36,37)32-24-16-15-18(17-25(24)38-19-9-3-2-4-10-19)33-30(34)28-26-20-11-5-6-12-21(20)27(29(28)31(33)35)23-14-8-7-13-22(23)26/h2-17,26-29,32H,1H3/t26?,27?,28-,29-/m0/s1. The molecule has 4 aliphatic rings. The molecular formula is C31H24N2O5S. The summed E-state index contributed by atoms with van der Waals surface area (Å²) in [5, 5.41) is 0. The summed E-state index contributed by atoms with van der Waals surface area (Å²) in [6.45, 7) is 0. The van der Waals surface area contributed by atoms with Crippen molar-refractivity contribution in [3.05, 3.63) is 119 Å². The SMILES string of the molecule is CS(=O)(=O)Nc1ccc(N2C(=O)[C@H]3C4c5ccccc5C(c5ccccc54)[C@@H]3C2=O)cc1Oc1ccccc1. The molecule has 2 amide bonds. The van der Waals surface area contributed by atoms with Crippen molar-refractivity contribution in [2.45, 2.75) is 11.8 Å². The molecule has 4 aromatic carbocycles. The van der Waals surface area contributed by atoms with Crippen LogP contribution in [0.1, 0.15) is 34.1 Å². The van der Waals surface area contributed by atoms with Crippen LogP contribution < -0.4 is 14.4 Å². The normalized spacial score (nSPS) is 22.7. The van der Waals surface area contributed by atoms with E-state index in [4.69, 9.17) is 4.74 Å². The number of carbonyl (C=O) groups is 2. The molecule has 0 spiro atoms. The van der Waals surface area contributed by atoms with E-state index in [9.17, 15) is 18.0 Å². The zero-order chi connectivity index (χ0) is 26.9. The third-order valence-corrected chi connectivity index (χ3v) is 8.53. The first-order valence-corrected chi connectivity index (χ1v) is 14.6. The van der Waals surface area contributed by atoms with Gasteiger partial charge in [0.15, 0.2) is 5.75 Å². The highest BCUT2D eigenvalue weighted by Gasteiger charge is 2.61. The van der Waals surface area contributed by atoms with Crippen molar-refractivity contribution >= 4 is 33.2 Å². The highest BCUT2D eigenvalue weighted by atomic mass is 32.2. The molecule has 1 saturated heterocycles. The van der Waals surface area contributed by atoms with Crippen LogP contribution in [0.2, 0.25) is 0 Å². The van der Waals surface area contributed by atoms with Crippen molar-refractivity contribution in [1.29, 1.82) is 0 Å². The third kappa shape index (κ3) is 3.66. The molecule has 4 aromatic rings. The van der Waals surface area contributed by atoms with Gasteiger partial charge in [0.2, 0.25) is 21.8 Å². The second-order valence-electron chi connectivity index (χ2n) is 10.2. The molecule has 0 radical (unpaired) electrons. The predicted molar refractivity (Wildman–Crippen MR) is 147 cm³/mol. The summed E-state index contributed by atoms with van der Waals surface area (Å²) in [5.41, 5.74) is 4.97. The van der Waals surface area contributed by atoms with Gasteiger partial charge in [-0.25, -0.2) is 13.3 Å². The molecule has 0 saturated carbocycles. The van der Waals surface area contributed by atoms with Crippen LogP contribution in [0.3, 0.4) is 0 Å². The van der Waals surface area contributed by atoms with Gasteiger partial charge in [-0.3, -0.25) is 14.3 Å². The number of amides is 2. The molecule has 1 N–H and O–H groups in total. The van der Waals surface area contributed by atoms with E-state index >= 15 is 0 Å². The van der Waals surface area contributed by atoms with Gasteiger partial charge < -0.3 is 4.74 Å². The third-order valence-electron chi connectivity index (χ3n) is 7.94. The van der Waals surface area contributed by atoms with Crippen LogP contribution in [-0.4, -0.2) is 26.5 Å². The Hall–Kier alpha value is -4.43. The van der Waals surface area contributed by atoms with Gasteiger partial charge in [0.1, 0.15) is 5.75 Å². The maximum atomic E-state index is 14.1. The monoisotopic (exact) mass is 536 g/mol. The summed E-state index contributed by atoms with van der Waals surface area (Å²) in [7, 11) is -3.61. The van der Waals surface area contributed by atoms with Crippen molar-refractivity contribution in [1.82, 2.24) is 0 Å². The predicted octanol–water partition coefficient (Wildman–Crippen LogP) is 5.25. The smallest absolute Gasteiger partial charge is 0.238 e. The van der Waals surface area contributed by atoms with Gasteiger partial charge in [-0.05, 0) is 46.5 Å². The molecule has 3 aliphatic carbocycles. The highest BCUT2D eigenvalue weighted by molar-refractivity contribution is 7.92. The fraction of sp³-hybridized carbons (Fsp3) is 0.161. The number of nitrogens with one attached hydrogen (secondary N) is 1. The number of anilines is 2. The number of hydrogen-bond acceptors (Lipinski definition) is 5. The Morgan fingerprint density at radius 3 is 1.67 bits per heavy atom. The summed E-state index contributed by atoms with van der Waals surface area (Å²) >= 11 is 0. The lowest BCUT2D eigenvalue weighted by Crippen LogP contribution is -2.41. The molecular weight excluding hydrogens is 512 g/mol. The number of carbonyl (C=O) groups excluding carboxylic acids is 2. The number of benzene rings is 4. The van der Waals surface area contributed by atoms with Crippen LogP contribution in [0, 0.1) is 11.8 Å². The molecule has 0 aromatic heterocycles. The fourth-order valence-corrected chi connectivity index (χ4v) is 7.13. The molecule has 1 aliphatic heterocycles. The molecule has 7 nitrogen and oxygen atoms in total. The number of rotatable bonds is 5. The molecule has 39 heavy (non-hydrogen) atoms. The van der Waals surface area contributed by atoms with Crippen molar-refractivity contribution in [3.8, 4) is 11.5 Å². The van der Waals surface area contributed by atoms with Gasteiger partial charge in [0, 0.05) is 17.9 Å². The van der Waals surface area contributed by atoms with Crippen molar-refractivity contribution < 1.29 is 22.7 Å². The summed E-state index contributed by atoms with van der Waals surface area (Å²) < 4.78 is 32.6. The topological polar surface area (TPSA) is 92.8 Å². The van der Waals surface area contributed by atoms with Crippen LogP contribution in [0.5, 0.6) is 11.5 Å². The van der Waals surface area contributed by atoms with E-state index in [-0.39, 0.29) is 35.1 Å². The lowest BCUT2D eigenvalue weighted by molar-refractivity contribution is -0.122. The first-order valence-electron chi connectivity index (χ1n) is 12.7. The minimum atomic E-state index is -3.61. The van der Waals surface area contributed by atoms with Crippen LogP contribution in [0.25, 0.3) is 0 Å². The molecule has 2 bridgehead atoms. The molecule has 1 heterocycles. The van der Waals surface area contributed by atoms with E-state index < -0.39 is 21.9 Å². The summed E-state index contributed by atoms with van der Waals surface area (Å²) in [4.78, 5) is 29.5.